The molecule has 0 fully saturated rings. The highest BCUT2D eigenvalue weighted by molar-refractivity contribution is 5.90. The molecule has 6 heteroatoms. The summed E-state index contributed by atoms with van der Waals surface area (Å²) in [6.45, 7) is 5.62. The minimum Gasteiger partial charge on any atom is -0.481 e. The van der Waals surface area contributed by atoms with Gasteiger partial charge in [0.05, 0.1) is 6.42 Å². The smallest absolute Gasteiger partial charge is 0.304 e. The number of amides is 2. The molecule has 0 saturated carbocycles. The van der Waals surface area contributed by atoms with Crippen LogP contribution in [0.4, 0.5) is 0 Å². The first-order valence-corrected chi connectivity index (χ1v) is 9.92. The number of likely N-dealkylation sites (N-methyl/N-ethyl adjacent to an activating group) is 1. The molecule has 0 aliphatic heterocycles. The van der Waals surface area contributed by atoms with Crippen molar-refractivity contribution in [1.82, 2.24) is 10.6 Å². The van der Waals surface area contributed by atoms with Gasteiger partial charge in [-0.25, -0.2) is 0 Å². The molecule has 2 amide bonds. The first-order valence-electron chi connectivity index (χ1n) is 9.92. The lowest BCUT2D eigenvalue weighted by molar-refractivity contribution is -0.142. The van der Waals surface area contributed by atoms with E-state index in [1.807, 2.05) is 32.9 Å². The van der Waals surface area contributed by atoms with Crippen LogP contribution in [0.2, 0.25) is 0 Å². The van der Waals surface area contributed by atoms with Crippen molar-refractivity contribution in [2.24, 2.45) is 17.3 Å². The number of carboxylic acids is 1. The van der Waals surface area contributed by atoms with Crippen LogP contribution in [0, 0.1) is 17.3 Å². The van der Waals surface area contributed by atoms with Crippen LogP contribution in [0.15, 0.2) is 24.3 Å². The number of rotatable bonds is 7. The van der Waals surface area contributed by atoms with E-state index in [-0.39, 0.29) is 24.2 Å². The van der Waals surface area contributed by atoms with Crippen molar-refractivity contribution >= 4 is 17.8 Å². The van der Waals surface area contributed by atoms with Gasteiger partial charge in [0.15, 0.2) is 0 Å². The van der Waals surface area contributed by atoms with Gasteiger partial charge in [-0.3, -0.25) is 14.4 Å². The fraction of sp³-hybridized carbons (Fsp3) is 0.591. The summed E-state index contributed by atoms with van der Waals surface area (Å²) in [6, 6.07) is 7.57. The van der Waals surface area contributed by atoms with Crippen LogP contribution in [-0.2, 0) is 27.2 Å². The molecule has 28 heavy (non-hydrogen) atoms. The zero-order valence-corrected chi connectivity index (χ0v) is 17.2. The van der Waals surface area contributed by atoms with Gasteiger partial charge in [-0.1, -0.05) is 45.0 Å². The fourth-order valence-corrected chi connectivity index (χ4v) is 3.95. The van der Waals surface area contributed by atoms with Gasteiger partial charge in [-0.15, -0.1) is 0 Å². The molecular formula is C22H32N2O4. The van der Waals surface area contributed by atoms with Crippen LogP contribution in [0.25, 0.3) is 0 Å². The minimum absolute atomic E-state index is 0.228. The Morgan fingerprint density at radius 2 is 1.79 bits per heavy atom. The first-order chi connectivity index (χ1) is 13.1. The lowest BCUT2D eigenvalue weighted by atomic mass is 9.78. The number of carbonyl (C=O) groups is 3. The molecule has 2 rings (SSSR count). The number of hydrogen-bond acceptors (Lipinski definition) is 3. The molecule has 0 saturated heterocycles. The summed E-state index contributed by atoms with van der Waals surface area (Å²) in [6.07, 6.45) is 3.03. The second-order valence-corrected chi connectivity index (χ2v) is 8.83. The van der Waals surface area contributed by atoms with E-state index in [4.69, 9.17) is 0 Å². The van der Waals surface area contributed by atoms with E-state index in [2.05, 4.69) is 22.8 Å². The summed E-state index contributed by atoms with van der Waals surface area (Å²) in [5.41, 5.74) is 2.14. The number of benzene rings is 1. The summed E-state index contributed by atoms with van der Waals surface area (Å²) in [5.74, 6) is -2.02. The van der Waals surface area contributed by atoms with Crippen molar-refractivity contribution in [3.8, 4) is 0 Å². The average molecular weight is 389 g/mol. The van der Waals surface area contributed by atoms with Crippen LogP contribution in [0.5, 0.6) is 0 Å². The molecule has 3 unspecified atom stereocenters. The molecule has 0 aromatic heterocycles. The zero-order valence-electron chi connectivity index (χ0n) is 17.2. The second-order valence-electron chi connectivity index (χ2n) is 8.83. The van der Waals surface area contributed by atoms with Crippen LogP contribution in [-0.4, -0.2) is 36.0 Å². The Morgan fingerprint density at radius 3 is 2.36 bits per heavy atom. The lowest BCUT2D eigenvalue weighted by Crippen LogP contribution is -2.54. The highest BCUT2D eigenvalue weighted by Gasteiger charge is 2.35. The van der Waals surface area contributed by atoms with Gasteiger partial charge in [0.2, 0.25) is 11.8 Å². The van der Waals surface area contributed by atoms with Gasteiger partial charge in [0.1, 0.15) is 6.04 Å². The van der Waals surface area contributed by atoms with Gasteiger partial charge >= 0.3 is 5.97 Å². The molecule has 3 N–H and O–H groups in total. The Bertz CT molecular complexity index is 723. The molecule has 3 atom stereocenters. The largest absolute Gasteiger partial charge is 0.481 e. The lowest BCUT2D eigenvalue weighted by Gasteiger charge is -2.32. The topological polar surface area (TPSA) is 95.5 Å². The van der Waals surface area contributed by atoms with Crippen LogP contribution >= 0.6 is 0 Å². The van der Waals surface area contributed by atoms with Gasteiger partial charge in [0.25, 0.3) is 0 Å². The van der Waals surface area contributed by atoms with Crippen molar-refractivity contribution in [2.75, 3.05) is 7.05 Å². The molecule has 1 aliphatic rings. The summed E-state index contributed by atoms with van der Waals surface area (Å²) in [5, 5.41) is 14.7. The van der Waals surface area contributed by atoms with Gasteiger partial charge in [-0.05, 0) is 48.1 Å². The number of aryl methyl sites for hydroxylation is 1. The SMILES string of the molecule is CNC(=O)C(NC(=O)C(CC(=O)O)CC1CCc2ccccc2C1)C(C)(C)C. The molecule has 6 nitrogen and oxygen atoms in total. The Morgan fingerprint density at radius 1 is 1.14 bits per heavy atom. The molecule has 154 valence electrons. The summed E-state index contributed by atoms with van der Waals surface area (Å²) >= 11 is 0. The van der Waals surface area contributed by atoms with Crippen LogP contribution < -0.4 is 10.6 Å². The Labute approximate surface area is 167 Å². The first kappa shape index (κ1) is 21.9. The number of hydrogen-bond donors (Lipinski definition) is 3. The zero-order chi connectivity index (χ0) is 20.9. The maximum Gasteiger partial charge on any atom is 0.304 e. The highest BCUT2D eigenvalue weighted by atomic mass is 16.4. The number of carboxylic acid groups (broad SMARTS) is 1. The monoisotopic (exact) mass is 388 g/mol. The van der Waals surface area contributed by atoms with Gasteiger partial charge in [0, 0.05) is 13.0 Å². The molecule has 0 radical (unpaired) electrons. The van der Waals surface area contributed by atoms with Crippen molar-refractivity contribution < 1.29 is 19.5 Å². The Balaban J connectivity index is 2.11. The Kier molecular flexibility index (Phi) is 7.22. The maximum absolute atomic E-state index is 12.9. The average Bonchev–Trinajstić information content (AvgIpc) is 2.63. The molecular weight excluding hydrogens is 356 g/mol. The number of carbonyl (C=O) groups excluding carboxylic acids is 2. The van der Waals surface area contributed by atoms with Crippen molar-refractivity contribution in [1.29, 1.82) is 0 Å². The van der Waals surface area contributed by atoms with Gasteiger partial charge < -0.3 is 15.7 Å². The quantitative estimate of drug-likeness (QED) is 0.669. The normalized spacial score (nSPS) is 18.5. The summed E-state index contributed by atoms with van der Waals surface area (Å²) in [7, 11) is 1.53. The third-order valence-corrected chi connectivity index (χ3v) is 5.52. The molecule has 0 bridgehead atoms. The van der Waals surface area contributed by atoms with E-state index in [0.717, 1.165) is 19.3 Å². The third kappa shape index (κ3) is 5.81. The predicted molar refractivity (Wildman–Crippen MR) is 108 cm³/mol. The van der Waals surface area contributed by atoms with Gasteiger partial charge in [-0.2, -0.15) is 0 Å². The molecule has 0 spiro atoms. The molecule has 1 aromatic rings. The summed E-state index contributed by atoms with van der Waals surface area (Å²) < 4.78 is 0. The van der Waals surface area contributed by atoms with E-state index in [1.165, 1.54) is 18.2 Å². The number of fused-ring (bicyclic) bond motifs is 1. The van der Waals surface area contributed by atoms with Crippen molar-refractivity contribution in [3.05, 3.63) is 35.4 Å². The Hall–Kier alpha value is -2.37. The summed E-state index contributed by atoms with van der Waals surface area (Å²) in [4.78, 5) is 36.5. The fourth-order valence-electron chi connectivity index (χ4n) is 3.95. The van der Waals surface area contributed by atoms with Crippen molar-refractivity contribution in [3.63, 3.8) is 0 Å². The minimum atomic E-state index is -0.997. The predicted octanol–water partition coefficient (Wildman–Crippen LogP) is 2.55. The number of nitrogens with one attached hydrogen (secondary N) is 2. The standard InChI is InChI=1S/C22H32N2O4/c1-22(2,3)19(21(28)23-4)24-20(27)17(13-18(25)26)12-14-9-10-15-7-5-6-8-16(15)11-14/h5-8,14,17,19H,9-13H2,1-4H3,(H,23,28)(H,24,27)(H,25,26). The molecule has 0 heterocycles. The highest BCUT2D eigenvalue weighted by Crippen LogP contribution is 2.31. The maximum atomic E-state index is 12.9. The van der Waals surface area contributed by atoms with E-state index >= 15 is 0 Å². The van der Waals surface area contributed by atoms with E-state index in [1.54, 1.807) is 0 Å². The second kappa shape index (κ2) is 9.22. The molecule has 1 aliphatic carbocycles. The third-order valence-electron chi connectivity index (χ3n) is 5.52. The number of aliphatic carboxylic acids is 1. The van der Waals surface area contributed by atoms with Crippen molar-refractivity contribution in [2.45, 2.75) is 58.9 Å². The van der Waals surface area contributed by atoms with Crippen LogP contribution in [0.3, 0.4) is 0 Å². The van der Waals surface area contributed by atoms with Crippen LogP contribution in [0.1, 0.15) is 51.2 Å². The molecule has 1 aromatic carbocycles. The van der Waals surface area contributed by atoms with E-state index in [9.17, 15) is 19.5 Å². The van der Waals surface area contributed by atoms with E-state index < -0.39 is 23.3 Å². The van der Waals surface area contributed by atoms with E-state index in [0.29, 0.717) is 6.42 Å².